The molecule has 7 heteroatoms. The lowest BCUT2D eigenvalue weighted by Crippen LogP contribution is -2.20. The molecule has 0 radical (unpaired) electrons. The van der Waals surface area contributed by atoms with Crippen LogP contribution in [0.25, 0.3) is 0 Å². The van der Waals surface area contributed by atoms with Crippen LogP contribution in [0.3, 0.4) is 0 Å². The first-order valence-corrected chi connectivity index (χ1v) is 11.3. The number of carbonyl (C=O) groups is 3. The van der Waals surface area contributed by atoms with Crippen LogP contribution >= 0.6 is 0 Å². The van der Waals surface area contributed by atoms with E-state index in [0.29, 0.717) is 29.5 Å². The molecule has 2 N–H and O–H groups in total. The fraction of sp³-hybridized carbons (Fsp3) is 0.346. The van der Waals surface area contributed by atoms with Crippen LogP contribution in [0, 0.1) is 5.92 Å². The minimum Gasteiger partial charge on any atom is -0.434 e. The Kier molecular flexibility index (Phi) is 9.06. The van der Waals surface area contributed by atoms with Gasteiger partial charge in [0.1, 0.15) is 5.75 Å². The van der Waals surface area contributed by atoms with Crippen molar-refractivity contribution >= 4 is 23.7 Å². The quantitative estimate of drug-likeness (QED) is 0.326. The van der Waals surface area contributed by atoms with E-state index >= 15 is 0 Å². The summed E-state index contributed by atoms with van der Waals surface area (Å²) in [5.74, 6) is 0.443. The first kappa shape index (κ1) is 24.0. The van der Waals surface area contributed by atoms with Gasteiger partial charge in [-0.05, 0) is 73.7 Å². The second kappa shape index (κ2) is 12.4. The van der Waals surface area contributed by atoms with Crippen molar-refractivity contribution in [3.05, 3.63) is 71.8 Å². The zero-order valence-electron chi connectivity index (χ0n) is 18.8. The molecule has 2 amide bonds. The van der Waals surface area contributed by atoms with Crippen molar-refractivity contribution in [3.63, 3.8) is 0 Å². The van der Waals surface area contributed by atoms with Crippen LogP contribution in [0.15, 0.2) is 60.7 Å². The van der Waals surface area contributed by atoms with Crippen molar-refractivity contribution in [1.29, 1.82) is 0 Å². The number of hydrogen-bond acceptors (Lipinski definition) is 5. The Hall–Kier alpha value is -3.61. The minimum absolute atomic E-state index is 0.0895. The number of amides is 2. The Balaban J connectivity index is 1.44. The highest BCUT2D eigenvalue weighted by molar-refractivity contribution is 6.04. The molecule has 0 spiro atoms. The van der Waals surface area contributed by atoms with Crippen LogP contribution in [0.4, 0.5) is 10.5 Å². The summed E-state index contributed by atoms with van der Waals surface area (Å²) < 4.78 is 9.69. The molecular weight excluding hydrogens is 420 g/mol. The Morgan fingerprint density at radius 1 is 0.970 bits per heavy atom. The van der Waals surface area contributed by atoms with E-state index < -0.39 is 6.16 Å². The first-order valence-electron chi connectivity index (χ1n) is 11.3. The monoisotopic (exact) mass is 450 g/mol. The molecule has 0 saturated heterocycles. The Morgan fingerprint density at radius 3 is 2.33 bits per heavy atom. The van der Waals surface area contributed by atoms with Crippen molar-refractivity contribution in [2.75, 3.05) is 11.9 Å². The molecule has 1 saturated carbocycles. The van der Waals surface area contributed by atoms with Crippen LogP contribution in [-0.4, -0.2) is 24.6 Å². The second-order valence-electron chi connectivity index (χ2n) is 7.94. The molecule has 1 fully saturated rings. The Labute approximate surface area is 194 Å². The van der Waals surface area contributed by atoms with Gasteiger partial charge in [-0.2, -0.15) is 0 Å². The Morgan fingerprint density at radius 2 is 1.67 bits per heavy atom. The zero-order chi connectivity index (χ0) is 23.5. The van der Waals surface area contributed by atoms with Gasteiger partial charge < -0.3 is 20.1 Å². The van der Waals surface area contributed by atoms with Crippen LogP contribution in [-0.2, 0) is 16.1 Å². The third-order valence-electron chi connectivity index (χ3n) is 5.43. The summed E-state index contributed by atoms with van der Waals surface area (Å²) in [7, 11) is 0. The van der Waals surface area contributed by atoms with E-state index in [1.807, 2.05) is 18.2 Å². The lowest BCUT2D eigenvalue weighted by molar-refractivity contribution is -0.116. The average Bonchev–Trinajstić information content (AvgIpc) is 2.83. The maximum Gasteiger partial charge on any atom is 0.513 e. The normalized spacial score (nSPS) is 14.0. The molecule has 0 aromatic heterocycles. The van der Waals surface area contributed by atoms with E-state index in [1.54, 1.807) is 37.3 Å². The molecule has 1 aliphatic carbocycles. The molecule has 0 unspecified atom stereocenters. The maximum absolute atomic E-state index is 12.4. The van der Waals surface area contributed by atoms with E-state index in [0.717, 1.165) is 5.56 Å². The fourth-order valence-corrected chi connectivity index (χ4v) is 3.63. The summed E-state index contributed by atoms with van der Waals surface area (Å²) >= 11 is 0. The molecule has 2 aromatic carbocycles. The molecule has 0 heterocycles. The van der Waals surface area contributed by atoms with Gasteiger partial charge in [0.15, 0.2) is 0 Å². The van der Waals surface area contributed by atoms with Crippen LogP contribution < -0.4 is 15.4 Å². The van der Waals surface area contributed by atoms with Gasteiger partial charge in [-0.25, -0.2) is 4.79 Å². The SMILES string of the molecule is CCOC(=O)Oc1ccc(C(=O)Nc2ccc(CNC(=O)/C=C/C3CCCCC3)cc2)cc1. The fourth-order valence-electron chi connectivity index (χ4n) is 3.63. The molecule has 0 bridgehead atoms. The third kappa shape index (κ3) is 8.11. The number of rotatable bonds is 8. The average molecular weight is 451 g/mol. The van der Waals surface area contributed by atoms with Gasteiger partial charge in [0, 0.05) is 17.8 Å². The molecule has 0 atom stereocenters. The van der Waals surface area contributed by atoms with Crippen LogP contribution in [0.5, 0.6) is 5.75 Å². The van der Waals surface area contributed by atoms with E-state index in [1.165, 1.54) is 44.2 Å². The summed E-state index contributed by atoms with van der Waals surface area (Å²) in [5, 5.41) is 5.71. The van der Waals surface area contributed by atoms with Gasteiger partial charge in [-0.3, -0.25) is 9.59 Å². The van der Waals surface area contributed by atoms with Crippen LogP contribution in [0.1, 0.15) is 54.9 Å². The number of nitrogens with one attached hydrogen (secondary N) is 2. The molecule has 33 heavy (non-hydrogen) atoms. The van der Waals surface area contributed by atoms with E-state index in [2.05, 4.69) is 10.6 Å². The summed E-state index contributed by atoms with van der Waals surface area (Å²) in [6.45, 7) is 2.33. The molecule has 1 aliphatic rings. The summed E-state index contributed by atoms with van der Waals surface area (Å²) in [6, 6.07) is 13.5. The van der Waals surface area contributed by atoms with E-state index in [9.17, 15) is 14.4 Å². The molecule has 7 nitrogen and oxygen atoms in total. The number of ether oxygens (including phenoxy) is 2. The maximum atomic E-state index is 12.4. The summed E-state index contributed by atoms with van der Waals surface area (Å²) in [6.07, 6.45) is 9.02. The predicted molar refractivity (Wildman–Crippen MR) is 126 cm³/mol. The number of allylic oxidation sites excluding steroid dienone is 1. The highest BCUT2D eigenvalue weighted by Crippen LogP contribution is 2.24. The second-order valence-corrected chi connectivity index (χ2v) is 7.94. The first-order chi connectivity index (χ1) is 16.0. The predicted octanol–water partition coefficient (Wildman–Crippen LogP) is 5.23. The minimum atomic E-state index is -0.786. The summed E-state index contributed by atoms with van der Waals surface area (Å²) in [4.78, 5) is 35.8. The lowest BCUT2D eigenvalue weighted by atomic mass is 9.89. The highest BCUT2D eigenvalue weighted by Gasteiger charge is 2.11. The molecule has 2 aromatic rings. The van der Waals surface area contributed by atoms with Crippen molar-refractivity contribution in [3.8, 4) is 5.75 Å². The molecule has 174 valence electrons. The smallest absolute Gasteiger partial charge is 0.434 e. The van der Waals surface area contributed by atoms with Gasteiger partial charge in [-0.1, -0.05) is 37.5 Å². The van der Waals surface area contributed by atoms with E-state index in [-0.39, 0.29) is 18.4 Å². The van der Waals surface area contributed by atoms with Gasteiger partial charge in [0.2, 0.25) is 5.91 Å². The lowest BCUT2D eigenvalue weighted by Gasteiger charge is -2.17. The van der Waals surface area contributed by atoms with Crippen molar-refractivity contribution in [2.24, 2.45) is 5.92 Å². The number of carbonyl (C=O) groups excluding carboxylic acids is 3. The number of benzene rings is 2. The zero-order valence-corrected chi connectivity index (χ0v) is 18.8. The molecule has 3 rings (SSSR count). The number of hydrogen-bond donors (Lipinski definition) is 2. The number of anilines is 1. The molecular formula is C26H30N2O5. The van der Waals surface area contributed by atoms with E-state index in [4.69, 9.17) is 9.47 Å². The largest absolute Gasteiger partial charge is 0.513 e. The van der Waals surface area contributed by atoms with Gasteiger partial charge in [0.25, 0.3) is 5.91 Å². The summed E-state index contributed by atoms with van der Waals surface area (Å²) in [5.41, 5.74) is 2.00. The van der Waals surface area contributed by atoms with Gasteiger partial charge >= 0.3 is 6.16 Å². The van der Waals surface area contributed by atoms with Crippen LogP contribution in [0.2, 0.25) is 0 Å². The van der Waals surface area contributed by atoms with Crippen molar-refractivity contribution in [1.82, 2.24) is 5.32 Å². The standard InChI is InChI=1S/C26H30N2O5/c1-2-32-26(31)33-23-15-11-21(12-16-23)25(30)28-22-13-8-20(9-14-22)18-27-24(29)17-10-19-6-4-3-5-7-19/h8-17,19H,2-7,18H2,1H3,(H,27,29)(H,28,30)/b17-10+. The topological polar surface area (TPSA) is 93.7 Å². The van der Waals surface area contributed by atoms with Crippen molar-refractivity contribution < 1.29 is 23.9 Å². The highest BCUT2D eigenvalue weighted by atomic mass is 16.7. The van der Waals surface area contributed by atoms with Crippen molar-refractivity contribution in [2.45, 2.75) is 45.6 Å². The molecule has 0 aliphatic heterocycles. The van der Waals surface area contributed by atoms with Gasteiger partial charge in [0.05, 0.1) is 6.61 Å². The van der Waals surface area contributed by atoms with Gasteiger partial charge in [-0.15, -0.1) is 0 Å². The Bertz CT molecular complexity index is 961. The third-order valence-corrected chi connectivity index (χ3v) is 5.43.